The number of nitro benzene ring substituents is 1. The second-order valence-corrected chi connectivity index (χ2v) is 5.98. The second-order valence-electron chi connectivity index (χ2n) is 5.98. The van der Waals surface area contributed by atoms with Crippen molar-refractivity contribution in [3.63, 3.8) is 0 Å². The van der Waals surface area contributed by atoms with E-state index in [4.69, 9.17) is 0 Å². The predicted octanol–water partition coefficient (Wildman–Crippen LogP) is 2.37. The van der Waals surface area contributed by atoms with Gasteiger partial charge in [-0.2, -0.15) is 0 Å². The number of anilines is 1. The molecule has 1 rings (SSSR count). The average molecular weight is 307 g/mol. The van der Waals surface area contributed by atoms with Crippen LogP contribution >= 0.6 is 0 Å². The summed E-state index contributed by atoms with van der Waals surface area (Å²) in [5.74, 6) is -0.324. The number of rotatable bonds is 6. The molecule has 0 spiro atoms. The van der Waals surface area contributed by atoms with Gasteiger partial charge in [0.1, 0.15) is 0 Å². The molecular weight excluding hydrogens is 286 g/mol. The molecule has 0 saturated heterocycles. The fourth-order valence-electron chi connectivity index (χ4n) is 1.73. The van der Waals surface area contributed by atoms with Crippen molar-refractivity contribution < 1.29 is 14.5 Å². The van der Waals surface area contributed by atoms with Gasteiger partial charge >= 0.3 is 0 Å². The molecule has 0 aliphatic heterocycles. The van der Waals surface area contributed by atoms with Gasteiger partial charge in [0, 0.05) is 41.9 Å². The zero-order valence-electron chi connectivity index (χ0n) is 13.2. The zero-order valence-corrected chi connectivity index (χ0v) is 13.2. The Balaban J connectivity index is 2.68. The van der Waals surface area contributed by atoms with Crippen LogP contribution in [0.2, 0.25) is 0 Å². The lowest BCUT2D eigenvalue weighted by molar-refractivity contribution is -0.384. The molecule has 7 nitrogen and oxygen atoms in total. The molecule has 2 N–H and O–H groups in total. The summed E-state index contributed by atoms with van der Waals surface area (Å²) in [5.41, 5.74) is 0.189. The second kappa shape index (κ2) is 7.02. The van der Waals surface area contributed by atoms with E-state index < -0.39 is 10.3 Å². The van der Waals surface area contributed by atoms with E-state index in [0.717, 1.165) is 0 Å². The summed E-state index contributed by atoms with van der Waals surface area (Å²) >= 11 is 0. The molecule has 0 aliphatic rings. The maximum Gasteiger partial charge on any atom is 0.270 e. The third-order valence-electron chi connectivity index (χ3n) is 3.00. The molecule has 0 bridgehead atoms. The zero-order chi connectivity index (χ0) is 16.9. The quantitative estimate of drug-likeness (QED) is 0.363. The van der Waals surface area contributed by atoms with Crippen LogP contribution in [0.3, 0.4) is 0 Å². The van der Waals surface area contributed by atoms with E-state index in [2.05, 4.69) is 10.6 Å². The van der Waals surface area contributed by atoms with Gasteiger partial charge in [-0.25, -0.2) is 0 Å². The number of nitrogens with zero attached hydrogens (tertiary/aromatic N) is 1. The fourth-order valence-corrected chi connectivity index (χ4v) is 1.73. The summed E-state index contributed by atoms with van der Waals surface area (Å²) in [6, 6.07) is 4.08. The van der Waals surface area contributed by atoms with Crippen LogP contribution < -0.4 is 10.6 Å². The Hall–Kier alpha value is -2.44. The fraction of sp³-hybridized carbons (Fsp3) is 0.467. The minimum Gasteiger partial charge on any atom is -0.383 e. The van der Waals surface area contributed by atoms with Crippen LogP contribution in [0.25, 0.3) is 0 Å². The van der Waals surface area contributed by atoms with Crippen molar-refractivity contribution in [1.82, 2.24) is 5.32 Å². The average Bonchev–Trinajstić information content (AvgIpc) is 2.41. The van der Waals surface area contributed by atoms with E-state index in [1.54, 1.807) is 0 Å². The number of amides is 1. The molecule has 1 aromatic carbocycles. The van der Waals surface area contributed by atoms with E-state index in [-0.39, 0.29) is 22.9 Å². The van der Waals surface area contributed by atoms with Crippen molar-refractivity contribution in [1.29, 1.82) is 0 Å². The maximum absolute atomic E-state index is 11.7. The van der Waals surface area contributed by atoms with Gasteiger partial charge in [-0.05, 0) is 13.0 Å². The maximum atomic E-state index is 11.7. The Kier molecular flexibility index (Phi) is 5.62. The largest absolute Gasteiger partial charge is 0.383 e. The molecule has 0 heterocycles. The summed E-state index contributed by atoms with van der Waals surface area (Å²) in [5, 5.41) is 16.5. The van der Waals surface area contributed by atoms with Crippen LogP contribution in [0.15, 0.2) is 18.2 Å². The first-order valence-corrected chi connectivity index (χ1v) is 6.94. The summed E-state index contributed by atoms with van der Waals surface area (Å²) in [7, 11) is 0. The topological polar surface area (TPSA) is 101 Å². The highest BCUT2D eigenvalue weighted by Crippen LogP contribution is 2.22. The van der Waals surface area contributed by atoms with Gasteiger partial charge in [0.15, 0.2) is 5.78 Å². The molecule has 0 aromatic heterocycles. The summed E-state index contributed by atoms with van der Waals surface area (Å²) in [4.78, 5) is 33.5. The number of nitro groups is 1. The van der Waals surface area contributed by atoms with Gasteiger partial charge in [0.25, 0.3) is 5.69 Å². The first-order valence-electron chi connectivity index (χ1n) is 6.94. The van der Waals surface area contributed by atoms with Crippen molar-refractivity contribution in [2.45, 2.75) is 27.7 Å². The number of hydrogen-bond acceptors (Lipinski definition) is 5. The molecule has 1 aromatic rings. The lowest BCUT2D eigenvalue weighted by atomic mass is 9.96. The van der Waals surface area contributed by atoms with Crippen LogP contribution in [0, 0.1) is 15.5 Å². The van der Waals surface area contributed by atoms with Crippen molar-refractivity contribution in [2.24, 2.45) is 5.41 Å². The van der Waals surface area contributed by atoms with Gasteiger partial charge in [-0.3, -0.25) is 19.7 Å². The van der Waals surface area contributed by atoms with E-state index in [0.29, 0.717) is 18.8 Å². The first kappa shape index (κ1) is 17.6. The van der Waals surface area contributed by atoms with Crippen molar-refractivity contribution in [3.05, 3.63) is 33.9 Å². The van der Waals surface area contributed by atoms with Gasteiger partial charge in [0.2, 0.25) is 5.91 Å². The molecule has 0 radical (unpaired) electrons. The Labute approximate surface area is 129 Å². The number of carbonyl (C=O) groups is 2. The molecule has 1 amide bonds. The van der Waals surface area contributed by atoms with Gasteiger partial charge in [-0.15, -0.1) is 0 Å². The Morgan fingerprint density at radius 3 is 2.36 bits per heavy atom. The monoisotopic (exact) mass is 307 g/mol. The molecule has 7 heteroatoms. The number of Topliss-reactive ketones (excluding diaryl/α,β-unsaturated/α-hetero) is 1. The van der Waals surface area contributed by atoms with Gasteiger partial charge in [0.05, 0.1) is 4.92 Å². The predicted molar refractivity (Wildman–Crippen MR) is 84.1 cm³/mol. The number of hydrogen-bond donors (Lipinski definition) is 2. The van der Waals surface area contributed by atoms with Crippen LogP contribution in [-0.2, 0) is 4.79 Å². The molecule has 0 aliphatic carbocycles. The number of ketones is 1. The van der Waals surface area contributed by atoms with Gasteiger partial charge in [-0.1, -0.05) is 20.8 Å². The Morgan fingerprint density at radius 1 is 1.23 bits per heavy atom. The molecule has 120 valence electrons. The molecular formula is C15H21N3O4. The lowest BCUT2D eigenvalue weighted by Gasteiger charge is -2.18. The van der Waals surface area contributed by atoms with Crippen LogP contribution in [-0.4, -0.2) is 29.7 Å². The highest BCUT2D eigenvalue weighted by Gasteiger charge is 2.20. The summed E-state index contributed by atoms with van der Waals surface area (Å²) in [6.07, 6.45) is 0. The first-order chi connectivity index (χ1) is 10.1. The Morgan fingerprint density at radius 2 is 1.86 bits per heavy atom. The van der Waals surface area contributed by atoms with E-state index in [1.807, 2.05) is 20.8 Å². The van der Waals surface area contributed by atoms with E-state index in [9.17, 15) is 19.7 Å². The SMILES string of the molecule is CC(=O)c1cc([N+](=O)[O-])ccc1NCCNC(=O)C(C)(C)C. The molecule has 0 atom stereocenters. The van der Waals surface area contributed by atoms with Gasteiger partial charge < -0.3 is 10.6 Å². The molecule has 22 heavy (non-hydrogen) atoms. The van der Waals surface area contributed by atoms with Crippen LogP contribution in [0.5, 0.6) is 0 Å². The standard InChI is InChI=1S/C15H21N3O4/c1-10(19)12-9-11(18(21)22)5-6-13(12)16-7-8-17-14(20)15(2,3)4/h5-6,9,16H,7-8H2,1-4H3,(H,17,20). The van der Waals surface area contributed by atoms with Crippen LogP contribution in [0.1, 0.15) is 38.1 Å². The number of benzene rings is 1. The number of nitrogens with one attached hydrogen (secondary N) is 2. The third kappa shape index (κ3) is 4.83. The van der Waals surface area contributed by atoms with Crippen LogP contribution in [0.4, 0.5) is 11.4 Å². The minimum absolute atomic E-state index is 0.0650. The molecule has 0 unspecified atom stereocenters. The van der Waals surface area contributed by atoms with Crippen molar-refractivity contribution >= 4 is 23.1 Å². The minimum atomic E-state index is -0.542. The van der Waals surface area contributed by atoms with Crippen molar-refractivity contribution in [2.75, 3.05) is 18.4 Å². The third-order valence-corrected chi connectivity index (χ3v) is 3.00. The highest BCUT2D eigenvalue weighted by atomic mass is 16.6. The highest BCUT2D eigenvalue weighted by molar-refractivity contribution is 6.00. The normalized spacial score (nSPS) is 10.9. The van der Waals surface area contributed by atoms with E-state index >= 15 is 0 Å². The summed E-state index contributed by atoms with van der Waals surface area (Å²) in [6.45, 7) is 7.62. The summed E-state index contributed by atoms with van der Waals surface area (Å²) < 4.78 is 0. The molecule has 0 fully saturated rings. The van der Waals surface area contributed by atoms with Crippen molar-refractivity contribution in [3.8, 4) is 0 Å². The smallest absolute Gasteiger partial charge is 0.270 e. The van der Waals surface area contributed by atoms with E-state index in [1.165, 1.54) is 25.1 Å². The lowest BCUT2D eigenvalue weighted by Crippen LogP contribution is -2.37. The molecule has 0 saturated carbocycles. The Bertz CT molecular complexity index is 591. The number of carbonyl (C=O) groups excluding carboxylic acids is 2. The number of non-ortho nitro benzene ring substituents is 1.